The summed E-state index contributed by atoms with van der Waals surface area (Å²) in [5.41, 5.74) is 1.99. The number of aromatic nitrogens is 2. The molecule has 1 aliphatic heterocycles. The predicted octanol–water partition coefficient (Wildman–Crippen LogP) is 3.55. The van der Waals surface area contributed by atoms with Crippen molar-refractivity contribution in [2.75, 3.05) is 0 Å². The van der Waals surface area contributed by atoms with Gasteiger partial charge >= 0.3 is 0 Å². The third kappa shape index (κ3) is 1.99. The molecule has 1 atom stereocenters. The van der Waals surface area contributed by atoms with E-state index in [0.29, 0.717) is 0 Å². The van der Waals surface area contributed by atoms with Crippen molar-refractivity contribution in [2.45, 2.75) is 25.3 Å². The summed E-state index contributed by atoms with van der Waals surface area (Å²) in [4.78, 5) is 4.17. The van der Waals surface area contributed by atoms with Crippen LogP contribution >= 0.6 is 22.6 Å². The zero-order valence-corrected chi connectivity index (χ0v) is 11.4. The first-order chi connectivity index (χ1) is 8.25. The van der Waals surface area contributed by atoms with E-state index in [-0.39, 0.29) is 11.9 Å². The number of halogens is 2. The van der Waals surface area contributed by atoms with E-state index in [1.807, 2.05) is 24.7 Å². The molecule has 0 radical (unpaired) electrons. The van der Waals surface area contributed by atoms with E-state index >= 15 is 0 Å². The molecule has 2 nitrogen and oxygen atoms in total. The molecule has 2 heterocycles. The van der Waals surface area contributed by atoms with Crippen LogP contribution in [0.15, 0.2) is 30.7 Å². The molecule has 0 saturated carbocycles. The first-order valence-corrected chi connectivity index (χ1v) is 6.79. The summed E-state index contributed by atoms with van der Waals surface area (Å²) in [6.07, 6.45) is 6.83. The third-order valence-electron chi connectivity index (χ3n) is 3.31. The van der Waals surface area contributed by atoms with Crippen molar-refractivity contribution in [3.63, 3.8) is 0 Å². The van der Waals surface area contributed by atoms with Gasteiger partial charge in [-0.2, -0.15) is 0 Å². The van der Waals surface area contributed by atoms with Crippen LogP contribution in [0.4, 0.5) is 4.39 Å². The van der Waals surface area contributed by atoms with Gasteiger partial charge in [0.2, 0.25) is 0 Å². The molecule has 1 aromatic heterocycles. The second-order valence-corrected chi connectivity index (χ2v) is 5.61. The number of hydrogen-bond acceptors (Lipinski definition) is 1. The van der Waals surface area contributed by atoms with E-state index < -0.39 is 0 Å². The highest BCUT2D eigenvalue weighted by Gasteiger charge is 2.23. The smallest absolute Gasteiger partial charge is 0.129 e. The van der Waals surface area contributed by atoms with Gasteiger partial charge in [-0.25, -0.2) is 9.37 Å². The molecule has 17 heavy (non-hydrogen) atoms. The Morgan fingerprint density at radius 3 is 3.12 bits per heavy atom. The van der Waals surface area contributed by atoms with Crippen molar-refractivity contribution in [1.29, 1.82) is 0 Å². The maximum absolute atomic E-state index is 14.0. The van der Waals surface area contributed by atoms with Crippen LogP contribution in [0.5, 0.6) is 0 Å². The van der Waals surface area contributed by atoms with Gasteiger partial charge in [0.25, 0.3) is 0 Å². The van der Waals surface area contributed by atoms with Crippen LogP contribution in [0.25, 0.3) is 0 Å². The predicted molar refractivity (Wildman–Crippen MR) is 72.4 cm³/mol. The Hall–Kier alpha value is -0.910. The average molecular weight is 342 g/mol. The maximum Gasteiger partial charge on any atom is 0.129 e. The lowest BCUT2D eigenvalue weighted by Gasteiger charge is -2.26. The Morgan fingerprint density at radius 1 is 1.41 bits per heavy atom. The van der Waals surface area contributed by atoms with Gasteiger partial charge in [-0.3, -0.25) is 0 Å². The topological polar surface area (TPSA) is 17.8 Å². The van der Waals surface area contributed by atoms with Gasteiger partial charge < -0.3 is 4.57 Å². The molecule has 1 aromatic carbocycles. The number of benzene rings is 1. The SMILES string of the molecule is Fc1cc(I)ccc1C1CCCc2cncn21. The number of rotatable bonds is 1. The van der Waals surface area contributed by atoms with Gasteiger partial charge in [-0.05, 0) is 54.0 Å². The lowest BCUT2D eigenvalue weighted by atomic mass is 9.96. The lowest BCUT2D eigenvalue weighted by molar-refractivity contribution is 0.439. The van der Waals surface area contributed by atoms with Gasteiger partial charge in [-0.15, -0.1) is 0 Å². The highest BCUT2D eigenvalue weighted by molar-refractivity contribution is 14.1. The normalized spacial score (nSPS) is 19.1. The quantitative estimate of drug-likeness (QED) is 0.725. The number of fused-ring (bicyclic) bond motifs is 1. The number of hydrogen-bond donors (Lipinski definition) is 0. The minimum absolute atomic E-state index is 0.108. The summed E-state index contributed by atoms with van der Waals surface area (Å²) in [5, 5.41) is 0. The largest absolute Gasteiger partial charge is 0.327 e. The number of aryl methyl sites for hydroxylation is 1. The summed E-state index contributed by atoms with van der Waals surface area (Å²) < 4.78 is 17.0. The van der Waals surface area contributed by atoms with Crippen LogP contribution in [0.3, 0.4) is 0 Å². The average Bonchev–Trinajstić information content (AvgIpc) is 2.77. The summed E-state index contributed by atoms with van der Waals surface area (Å²) in [7, 11) is 0. The van der Waals surface area contributed by atoms with E-state index in [4.69, 9.17) is 0 Å². The van der Waals surface area contributed by atoms with Gasteiger partial charge in [-0.1, -0.05) is 6.07 Å². The standard InChI is InChI=1S/C13H12FIN2/c14-12-6-9(15)4-5-11(12)13-3-1-2-10-7-16-8-17(10)13/h4-8,13H,1-3H2. The molecule has 0 fully saturated rings. The monoisotopic (exact) mass is 342 g/mol. The molecule has 4 heteroatoms. The van der Waals surface area contributed by atoms with Gasteiger partial charge in [0.05, 0.1) is 12.4 Å². The molecule has 88 valence electrons. The Balaban J connectivity index is 2.06. The fourth-order valence-electron chi connectivity index (χ4n) is 2.50. The van der Waals surface area contributed by atoms with Crippen LogP contribution in [0, 0.1) is 9.39 Å². The van der Waals surface area contributed by atoms with Crippen LogP contribution in [-0.2, 0) is 6.42 Å². The Labute approximate surface area is 113 Å². The highest BCUT2D eigenvalue weighted by Crippen LogP contribution is 2.32. The molecule has 0 saturated heterocycles. The minimum Gasteiger partial charge on any atom is -0.327 e. The van der Waals surface area contributed by atoms with Gasteiger partial charge in [0, 0.05) is 21.0 Å². The number of nitrogens with zero attached hydrogens (tertiary/aromatic N) is 2. The minimum atomic E-state index is -0.108. The summed E-state index contributed by atoms with van der Waals surface area (Å²) in [6, 6.07) is 5.57. The second kappa shape index (κ2) is 4.40. The van der Waals surface area contributed by atoms with Crippen LogP contribution in [0.1, 0.15) is 30.1 Å². The van der Waals surface area contributed by atoms with Crippen molar-refractivity contribution < 1.29 is 4.39 Å². The zero-order chi connectivity index (χ0) is 11.8. The molecule has 1 unspecified atom stereocenters. The van der Waals surface area contributed by atoms with Crippen LogP contribution in [-0.4, -0.2) is 9.55 Å². The first kappa shape index (κ1) is 11.2. The van der Waals surface area contributed by atoms with Crippen molar-refractivity contribution in [3.05, 3.63) is 51.4 Å². The maximum atomic E-state index is 14.0. The zero-order valence-electron chi connectivity index (χ0n) is 9.24. The molecule has 0 aliphatic carbocycles. The molecule has 0 amide bonds. The Kier molecular flexibility index (Phi) is 2.90. The molecule has 2 aromatic rings. The van der Waals surface area contributed by atoms with E-state index in [1.165, 1.54) is 5.69 Å². The third-order valence-corrected chi connectivity index (χ3v) is 3.99. The Morgan fingerprint density at radius 2 is 2.29 bits per heavy atom. The summed E-state index contributed by atoms with van der Waals surface area (Å²) >= 11 is 2.13. The van der Waals surface area contributed by atoms with Gasteiger partial charge in [0.15, 0.2) is 0 Å². The van der Waals surface area contributed by atoms with Crippen molar-refractivity contribution in [2.24, 2.45) is 0 Å². The van der Waals surface area contributed by atoms with E-state index in [0.717, 1.165) is 28.4 Å². The van der Waals surface area contributed by atoms with Crippen molar-refractivity contribution >= 4 is 22.6 Å². The molecular formula is C13H12FIN2. The Bertz CT molecular complexity index is 550. The molecule has 0 bridgehead atoms. The van der Waals surface area contributed by atoms with Crippen LogP contribution in [0.2, 0.25) is 0 Å². The van der Waals surface area contributed by atoms with Crippen molar-refractivity contribution in [3.8, 4) is 0 Å². The fourth-order valence-corrected chi connectivity index (χ4v) is 2.95. The molecule has 1 aliphatic rings. The van der Waals surface area contributed by atoms with E-state index in [9.17, 15) is 4.39 Å². The molecule has 0 spiro atoms. The van der Waals surface area contributed by atoms with Crippen molar-refractivity contribution in [1.82, 2.24) is 9.55 Å². The molecular weight excluding hydrogens is 330 g/mol. The van der Waals surface area contributed by atoms with Gasteiger partial charge in [0.1, 0.15) is 5.82 Å². The molecule has 3 rings (SSSR count). The van der Waals surface area contributed by atoms with E-state index in [1.54, 1.807) is 6.07 Å². The summed E-state index contributed by atoms with van der Waals surface area (Å²) in [5.74, 6) is -0.108. The summed E-state index contributed by atoms with van der Waals surface area (Å²) in [6.45, 7) is 0. The lowest BCUT2D eigenvalue weighted by Crippen LogP contribution is -2.18. The van der Waals surface area contributed by atoms with E-state index in [2.05, 4.69) is 32.1 Å². The second-order valence-electron chi connectivity index (χ2n) is 4.37. The van der Waals surface area contributed by atoms with Crippen LogP contribution < -0.4 is 0 Å². The highest BCUT2D eigenvalue weighted by atomic mass is 127. The fraction of sp³-hybridized carbons (Fsp3) is 0.308. The number of imidazole rings is 1. The molecule has 0 N–H and O–H groups in total. The first-order valence-electron chi connectivity index (χ1n) is 5.71.